The van der Waals surface area contributed by atoms with Gasteiger partial charge in [0, 0.05) is 58.8 Å². The number of hydrogen-bond acceptors (Lipinski definition) is 27. The highest BCUT2D eigenvalue weighted by molar-refractivity contribution is 6.80. The monoisotopic (exact) mass is 2320 g/mol. The maximum atomic E-state index is 11.6. The third-order valence-electron chi connectivity index (χ3n) is 29.2. The first-order valence-electron chi connectivity index (χ1n) is 51.7. The minimum Gasteiger partial charge on any atom is -0.429 e. The molecule has 0 aliphatic heterocycles. The SMILES string of the molecule is CC(C)(O[Si](C)(C)C)C(C)(O)[Si](C)(C)O.CCO[Si](C)(C)C(C)(C)O[Si](C)(C)C.CCO[Si](C)(C)C(C)(O)C(C)(C)O[Si](C)(C)O.CO[Si](C)(C)C(C)(C)O[Si](C)(C)C.CO[Si](C)(C)C(C)(CCC(C)(C)O)C(C)(C)O[Si](C)(C)O.CO[Si](C)(C)C(C)(O)C(C)(C)O[Si](C)(C)C.CO[Si](C)(C)C(CCC(C)(C)O)(CCC(C)(C)O)C(C)(C)O[Si](C)(C)O.CO[Si](C)(C)C(O)(c1ccccc1)C(C)(C)O[Si](C)(C)O. The molecular weight excluding hydrogens is 2080 g/mol. The topological polar surface area (TPSA) is 381 Å². The smallest absolute Gasteiger partial charge is 0.329 e. The Morgan fingerprint density at radius 3 is 0.727 bits per heavy atom. The van der Waals surface area contributed by atoms with Crippen molar-refractivity contribution in [3.05, 3.63) is 35.9 Å². The second-order valence-electron chi connectivity index (χ2n) is 55.8. The van der Waals surface area contributed by atoms with Gasteiger partial charge in [-0.25, -0.2) is 0 Å². The first-order valence-corrected chi connectivity index (χ1v) is 100. The number of rotatable bonds is 49. The van der Waals surface area contributed by atoms with Crippen LogP contribution in [0.15, 0.2) is 30.3 Å². The van der Waals surface area contributed by atoms with E-state index < -0.39 is 205 Å². The van der Waals surface area contributed by atoms with E-state index in [2.05, 4.69) is 172 Å². The molecule has 866 valence electrons. The second-order valence-corrected chi connectivity index (χ2v) is 121. The molecule has 0 bridgehead atoms. The Labute approximate surface area is 898 Å². The van der Waals surface area contributed by atoms with Gasteiger partial charge in [0.1, 0.15) is 20.9 Å². The maximum Gasteiger partial charge on any atom is 0.329 e. The van der Waals surface area contributed by atoms with E-state index in [1.165, 1.54) is 0 Å². The lowest BCUT2D eigenvalue weighted by molar-refractivity contribution is -0.0942. The van der Waals surface area contributed by atoms with Crippen LogP contribution < -0.4 is 0 Å². The molecule has 5 unspecified atom stereocenters. The van der Waals surface area contributed by atoms with Gasteiger partial charge in [-0.2, -0.15) is 0 Å². The third-order valence-corrected chi connectivity index (χ3v) is 69.7. The first-order chi connectivity index (χ1) is 61.3. The quantitative estimate of drug-likeness (QED) is 0.0270. The van der Waals surface area contributed by atoms with Crippen molar-refractivity contribution in [3.63, 3.8) is 0 Å². The average Bonchev–Trinajstić information content (AvgIpc) is 0.715. The predicted molar refractivity (Wildman–Crippen MR) is 644 cm³/mol. The van der Waals surface area contributed by atoms with E-state index in [1.54, 1.807) is 115 Å². The normalized spacial score (nSPS) is 16.8. The van der Waals surface area contributed by atoms with Crippen LogP contribution in [0.1, 0.15) is 238 Å². The van der Waals surface area contributed by atoms with Crippen molar-refractivity contribution in [1.82, 2.24) is 0 Å². The Morgan fingerprint density at radius 2 is 0.469 bits per heavy atom. The molecule has 143 heavy (non-hydrogen) atoms. The zero-order valence-corrected chi connectivity index (χ0v) is 122. The molecule has 0 saturated carbocycles. The molecule has 0 spiro atoms. The summed E-state index contributed by atoms with van der Waals surface area (Å²) >= 11 is 0. The van der Waals surface area contributed by atoms with Crippen LogP contribution in [0.5, 0.6) is 0 Å². The molecule has 0 aliphatic rings. The Hall–Kier alpha value is 1.61. The molecule has 27 nitrogen and oxygen atoms in total. The van der Waals surface area contributed by atoms with E-state index in [-0.39, 0.29) is 20.5 Å². The van der Waals surface area contributed by atoms with Crippen molar-refractivity contribution < 1.29 is 126 Å². The maximum absolute atomic E-state index is 11.6. The van der Waals surface area contributed by atoms with Gasteiger partial charge >= 0.3 is 34.2 Å². The summed E-state index contributed by atoms with van der Waals surface area (Å²) in [5.41, 5.74) is -5.83. The van der Waals surface area contributed by atoms with Crippen molar-refractivity contribution in [2.45, 2.75) is 560 Å². The van der Waals surface area contributed by atoms with Gasteiger partial charge in [-0.15, -0.1) is 0 Å². The van der Waals surface area contributed by atoms with Crippen LogP contribution in [0, 0.1) is 0 Å². The highest BCUT2D eigenvalue weighted by Gasteiger charge is 2.64. The van der Waals surface area contributed by atoms with Gasteiger partial charge in [0.05, 0.1) is 60.9 Å². The minimum atomic E-state index is -2.82. The molecule has 1 rings (SSSR count). The van der Waals surface area contributed by atoms with Crippen molar-refractivity contribution in [3.8, 4) is 0 Å². The average molecular weight is 2320 g/mol. The van der Waals surface area contributed by atoms with Crippen LogP contribution in [0.2, 0.25) is 246 Å². The molecule has 0 aliphatic carbocycles. The molecule has 0 saturated heterocycles. The Bertz CT molecular complexity index is 3720. The molecular formula is C100H240O27Si16. The molecule has 12 N–H and O–H groups in total. The molecule has 1 aromatic carbocycles. The van der Waals surface area contributed by atoms with Crippen LogP contribution >= 0.6 is 0 Å². The molecule has 0 radical (unpaired) electrons. The van der Waals surface area contributed by atoms with Crippen LogP contribution in [-0.2, 0) is 71.6 Å². The van der Waals surface area contributed by atoms with Gasteiger partial charge in [0.2, 0.25) is 49.9 Å². The highest BCUT2D eigenvalue weighted by atomic mass is 28.4. The summed E-state index contributed by atoms with van der Waals surface area (Å²) in [5.74, 6) is 0. The van der Waals surface area contributed by atoms with Gasteiger partial charge in [0.25, 0.3) is 0 Å². The Kier molecular flexibility index (Phi) is 60.5. The summed E-state index contributed by atoms with van der Waals surface area (Å²) in [7, 11) is -26.3. The summed E-state index contributed by atoms with van der Waals surface area (Å²) in [6, 6.07) is 9.44. The van der Waals surface area contributed by atoms with Crippen LogP contribution in [0.3, 0.4) is 0 Å². The zero-order chi connectivity index (χ0) is 118. The lowest BCUT2D eigenvalue weighted by atomic mass is 9.78. The van der Waals surface area contributed by atoms with Gasteiger partial charge in [0.15, 0.2) is 49.9 Å². The predicted octanol–water partition coefficient (Wildman–Crippen LogP) is 23.8. The molecule has 0 fully saturated rings. The second kappa shape index (κ2) is 54.9. The van der Waals surface area contributed by atoms with Crippen molar-refractivity contribution >= 4 is 134 Å². The summed E-state index contributed by atoms with van der Waals surface area (Å²) in [6.45, 7) is 128. The van der Waals surface area contributed by atoms with Crippen molar-refractivity contribution in [1.29, 1.82) is 0 Å². The highest BCUT2D eigenvalue weighted by Crippen LogP contribution is 2.60. The van der Waals surface area contributed by atoms with Crippen molar-refractivity contribution in [2.24, 2.45) is 0 Å². The standard InChI is InChI=1S/C19H44O5Si2.C15H28O4Si2.C15H36O4Si2.C11H28O4Si2.C11H28O3Si2.C10H26O3Si2.C10H26O2Si2.C9H24O2Si2/c1-16(2,20)12-14-19(25(8,9)23-7,15-13-17(3,4)21)18(5,6)24-26(10,11)22;1-14(2,19-21(6,7)17)15(16,20(4,5)18-3)13-11-9-8-10-12-13;1-13(2,16)11-12-15(5,20(7,8)18-6)14(3,4)19-21(9,10)17;1-9-14-16(5,6)11(4,12)10(2,3)15-17(7,8)13;1-10(2,14-15(5,6)7)11(3,12)16(8,9)13-4;1-9(2,13-14(4,5)6)10(3,11)15(7,8)12;1-9-11-14(7,8)10(2,3)12-13(4,5)6;1-9(2,11-12(4,5)6)13(7,8)10-3/h20-22H,12-15H2,1-11H3;8-12,16-17H,1-7H3;16-17H,11-12H2,1-10H3;12-13H,9H2,1-8H3;12H,1-9H3;11-12H,1-8H3;9H2,1-8H3;1-8H3. The molecule has 43 heteroatoms. The number of aliphatic hydroxyl groups is 7. The third kappa shape index (κ3) is 52.8. The summed E-state index contributed by atoms with van der Waals surface area (Å²) in [6.07, 6.45) is 4.07. The summed E-state index contributed by atoms with van der Waals surface area (Å²) in [4.78, 5) is 50.9. The molecule has 1 aromatic rings. The lowest BCUT2D eigenvalue weighted by Crippen LogP contribution is -2.68. The van der Waals surface area contributed by atoms with E-state index in [0.717, 1.165) is 18.6 Å². The van der Waals surface area contributed by atoms with Gasteiger partial charge < -0.3 is 126 Å². The fraction of sp³-hybridized carbons (Fsp3) is 0.940. The first kappa shape index (κ1) is 157. The largest absolute Gasteiger partial charge is 0.429 e. The number of benzene rings is 1. The van der Waals surface area contributed by atoms with Crippen LogP contribution in [0.4, 0.5) is 0 Å². The van der Waals surface area contributed by atoms with Gasteiger partial charge in [-0.3, -0.25) is 0 Å². The summed E-state index contributed by atoms with van der Waals surface area (Å²) in [5, 5.41) is 69.3. The van der Waals surface area contributed by atoms with Crippen molar-refractivity contribution in [2.75, 3.05) is 48.8 Å². The molecule has 0 aromatic heterocycles. The van der Waals surface area contributed by atoms with E-state index in [1.807, 2.05) is 208 Å². The summed E-state index contributed by atoms with van der Waals surface area (Å²) < 4.78 is 88.9. The minimum absolute atomic E-state index is 0.0898. The zero-order valence-electron chi connectivity index (χ0n) is 106. The van der Waals surface area contributed by atoms with E-state index in [9.17, 15) is 59.7 Å². The van der Waals surface area contributed by atoms with E-state index in [4.69, 9.17) is 66.4 Å². The van der Waals surface area contributed by atoms with E-state index in [0.29, 0.717) is 38.7 Å². The number of hydrogen-bond donors (Lipinski definition) is 12. The lowest BCUT2D eigenvalue weighted by Gasteiger charge is -2.56. The molecule has 0 amide bonds. The fourth-order valence-corrected chi connectivity index (χ4v) is 50.6. The van der Waals surface area contributed by atoms with E-state index >= 15 is 0 Å². The molecule has 5 atom stereocenters. The van der Waals surface area contributed by atoms with Gasteiger partial charge in [-0.1, -0.05) is 37.3 Å². The molecule has 0 heterocycles. The van der Waals surface area contributed by atoms with Gasteiger partial charge in [-0.05, 0) is 467 Å². The van der Waals surface area contributed by atoms with Crippen LogP contribution in [0.25, 0.3) is 0 Å². The Balaban J connectivity index is -0.000000298. The fourth-order valence-electron chi connectivity index (χ4n) is 17.7. The Morgan fingerprint density at radius 1 is 0.231 bits per heavy atom. The van der Waals surface area contributed by atoms with Crippen LogP contribution in [-0.4, -0.2) is 319 Å².